The van der Waals surface area contributed by atoms with Crippen molar-refractivity contribution in [3.8, 4) is 51.0 Å². The summed E-state index contributed by atoms with van der Waals surface area (Å²) >= 11 is 1.84. The second-order valence-electron chi connectivity index (χ2n) is 14.3. The van der Waals surface area contributed by atoms with Gasteiger partial charge in [-0.25, -0.2) is 15.0 Å². The number of para-hydroxylation sites is 3. The summed E-state index contributed by atoms with van der Waals surface area (Å²) in [6, 6.07) is 63.6. The molecule has 6 heteroatoms. The lowest BCUT2D eigenvalue weighted by atomic mass is 9.98. The largest absolute Gasteiger partial charge is 0.455 e. The van der Waals surface area contributed by atoms with Gasteiger partial charge in [0, 0.05) is 69.5 Å². The molecule has 0 unspecified atom stereocenters. The lowest BCUT2D eigenvalue weighted by Crippen LogP contribution is -2.00. The lowest BCUT2D eigenvalue weighted by molar-refractivity contribution is 0.670. The van der Waals surface area contributed by atoms with Gasteiger partial charge in [-0.1, -0.05) is 152 Å². The van der Waals surface area contributed by atoms with Gasteiger partial charge in [0.15, 0.2) is 17.5 Å². The Labute approximate surface area is 330 Å². The third-order valence-corrected chi connectivity index (χ3v) is 12.3. The van der Waals surface area contributed by atoms with Crippen LogP contribution in [0.25, 0.3) is 115 Å². The fraction of sp³-hybridized carbons (Fsp3) is 0. The summed E-state index contributed by atoms with van der Waals surface area (Å²) in [7, 11) is 0. The van der Waals surface area contributed by atoms with Crippen molar-refractivity contribution < 1.29 is 4.42 Å². The van der Waals surface area contributed by atoms with Crippen molar-refractivity contribution in [3.63, 3.8) is 0 Å². The molecule has 0 N–H and O–H groups in total. The molecular weight excluding hydrogens is 717 g/mol. The van der Waals surface area contributed by atoms with E-state index in [4.69, 9.17) is 19.4 Å². The number of benzene rings is 8. The van der Waals surface area contributed by atoms with E-state index in [1.165, 1.54) is 47.7 Å². The zero-order valence-electron chi connectivity index (χ0n) is 30.4. The molecule has 12 aromatic rings. The molecule has 0 aliphatic heterocycles. The third kappa shape index (κ3) is 4.91. The molecule has 0 saturated carbocycles. The van der Waals surface area contributed by atoms with Gasteiger partial charge in [0.05, 0.1) is 16.7 Å². The first-order valence-corrected chi connectivity index (χ1v) is 19.8. The first kappa shape index (κ1) is 31.9. The Balaban J connectivity index is 1.07. The Bertz CT molecular complexity index is 3420. The molecule has 0 bridgehead atoms. The average Bonchev–Trinajstić information content (AvgIpc) is 3.97. The van der Waals surface area contributed by atoms with Gasteiger partial charge < -0.3 is 8.98 Å². The third-order valence-electron chi connectivity index (χ3n) is 11.1. The second kappa shape index (κ2) is 12.6. The van der Waals surface area contributed by atoms with E-state index in [-0.39, 0.29) is 0 Å². The standard InChI is InChI=1S/C51H30N4OS/c1-3-15-31(16-4-1)49-52-50(32-17-5-2-6-18-32)54-51(53-49)39-25-13-29-43-45(39)37-23-11-21-35(47(37)56-43)36-22-12-24-38-46-42(28-14-30-44(46)57-48(36)38)55-40-26-9-7-19-33(40)34-20-8-10-27-41(34)55/h1-30H. The average molecular weight is 747 g/mol. The van der Waals surface area contributed by atoms with E-state index in [1.54, 1.807) is 0 Å². The van der Waals surface area contributed by atoms with E-state index in [2.05, 4.69) is 114 Å². The van der Waals surface area contributed by atoms with Crippen LogP contribution in [0, 0.1) is 0 Å². The van der Waals surface area contributed by atoms with E-state index < -0.39 is 0 Å². The molecule has 8 aromatic carbocycles. The molecule has 0 radical (unpaired) electrons. The molecule has 0 atom stereocenters. The second-order valence-corrected chi connectivity index (χ2v) is 15.4. The number of thiophene rings is 1. The van der Waals surface area contributed by atoms with Crippen molar-refractivity contribution in [1.82, 2.24) is 19.5 Å². The van der Waals surface area contributed by atoms with Crippen molar-refractivity contribution in [3.05, 3.63) is 182 Å². The molecule has 12 rings (SSSR count). The molecule has 266 valence electrons. The smallest absolute Gasteiger partial charge is 0.164 e. The predicted octanol–water partition coefficient (Wildman–Crippen LogP) is 13.9. The highest BCUT2D eigenvalue weighted by molar-refractivity contribution is 7.26. The van der Waals surface area contributed by atoms with Crippen LogP contribution in [0.15, 0.2) is 186 Å². The fourth-order valence-electron chi connectivity index (χ4n) is 8.58. The Morgan fingerprint density at radius 3 is 1.65 bits per heavy atom. The summed E-state index contributed by atoms with van der Waals surface area (Å²) in [5, 5.41) is 6.99. The highest BCUT2D eigenvalue weighted by Gasteiger charge is 2.22. The van der Waals surface area contributed by atoms with Crippen LogP contribution in [0.3, 0.4) is 0 Å². The minimum atomic E-state index is 0.602. The number of nitrogens with zero attached hydrogens (tertiary/aromatic N) is 4. The first-order valence-electron chi connectivity index (χ1n) is 19.0. The zero-order chi connectivity index (χ0) is 37.5. The van der Waals surface area contributed by atoms with Crippen LogP contribution in [0.1, 0.15) is 0 Å². The van der Waals surface area contributed by atoms with Gasteiger partial charge in [0.25, 0.3) is 0 Å². The quantitative estimate of drug-likeness (QED) is 0.176. The Hall–Kier alpha value is -7.41. The van der Waals surface area contributed by atoms with Crippen molar-refractivity contribution in [1.29, 1.82) is 0 Å². The van der Waals surface area contributed by atoms with E-state index in [0.29, 0.717) is 17.5 Å². The van der Waals surface area contributed by atoms with E-state index in [0.717, 1.165) is 49.8 Å². The van der Waals surface area contributed by atoms with E-state index in [9.17, 15) is 0 Å². The number of furan rings is 1. The van der Waals surface area contributed by atoms with Crippen molar-refractivity contribution in [2.24, 2.45) is 0 Å². The normalized spacial score (nSPS) is 11.9. The van der Waals surface area contributed by atoms with Crippen LogP contribution >= 0.6 is 11.3 Å². The van der Waals surface area contributed by atoms with Crippen molar-refractivity contribution >= 4 is 75.3 Å². The van der Waals surface area contributed by atoms with Crippen LogP contribution in [0.4, 0.5) is 0 Å². The number of fused-ring (bicyclic) bond motifs is 9. The Morgan fingerprint density at radius 1 is 0.404 bits per heavy atom. The number of rotatable bonds is 5. The molecule has 0 aliphatic rings. The zero-order valence-corrected chi connectivity index (χ0v) is 31.2. The maximum Gasteiger partial charge on any atom is 0.164 e. The summed E-state index contributed by atoms with van der Waals surface area (Å²) in [5.74, 6) is 1.86. The first-order chi connectivity index (χ1) is 28.3. The maximum absolute atomic E-state index is 6.86. The number of hydrogen-bond acceptors (Lipinski definition) is 5. The SMILES string of the molecule is c1ccc(-c2nc(-c3ccccc3)nc(-c3cccc4oc5c(-c6cccc7c6sc6cccc(-n8c9ccccc9c9ccccc98)c67)cccc5c34)n2)cc1. The summed E-state index contributed by atoms with van der Waals surface area (Å²) in [6.45, 7) is 0. The van der Waals surface area contributed by atoms with Gasteiger partial charge in [-0.05, 0) is 30.3 Å². The fourth-order valence-corrected chi connectivity index (χ4v) is 9.84. The number of hydrogen-bond donors (Lipinski definition) is 0. The summed E-state index contributed by atoms with van der Waals surface area (Å²) in [5.41, 5.74) is 10.2. The highest BCUT2D eigenvalue weighted by atomic mass is 32.1. The number of aromatic nitrogens is 4. The van der Waals surface area contributed by atoms with Gasteiger partial charge in [0.1, 0.15) is 11.2 Å². The molecule has 0 amide bonds. The molecule has 0 spiro atoms. The predicted molar refractivity (Wildman–Crippen MR) is 236 cm³/mol. The highest BCUT2D eigenvalue weighted by Crippen LogP contribution is 2.47. The molecule has 4 heterocycles. The molecule has 5 nitrogen and oxygen atoms in total. The lowest BCUT2D eigenvalue weighted by Gasteiger charge is -2.10. The molecule has 4 aromatic heterocycles. The van der Waals surface area contributed by atoms with E-state index in [1.807, 2.05) is 84.1 Å². The molecule has 0 saturated heterocycles. The van der Waals surface area contributed by atoms with E-state index >= 15 is 0 Å². The van der Waals surface area contributed by atoms with Gasteiger partial charge in [-0.3, -0.25) is 0 Å². The van der Waals surface area contributed by atoms with Crippen LogP contribution < -0.4 is 0 Å². The summed E-state index contributed by atoms with van der Waals surface area (Å²) in [4.78, 5) is 15.1. The van der Waals surface area contributed by atoms with Gasteiger partial charge in [-0.2, -0.15) is 0 Å². The van der Waals surface area contributed by atoms with Gasteiger partial charge in [-0.15, -0.1) is 11.3 Å². The molecular formula is C51H30N4OS. The molecule has 0 fully saturated rings. The van der Waals surface area contributed by atoms with Gasteiger partial charge in [0.2, 0.25) is 0 Å². The Morgan fingerprint density at radius 2 is 0.947 bits per heavy atom. The van der Waals surface area contributed by atoms with Crippen molar-refractivity contribution in [2.45, 2.75) is 0 Å². The van der Waals surface area contributed by atoms with Crippen molar-refractivity contribution in [2.75, 3.05) is 0 Å². The molecule has 0 aliphatic carbocycles. The molecule has 57 heavy (non-hydrogen) atoms. The van der Waals surface area contributed by atoms with Gasteiger partial charge >= 0.3 is 0 Å². The Kier molecular flexibility index (Phi) is 7.03. The van der Waals surface area contributed by atoms with Crippen LogP contribution in [0.5, 0.6) is 0 Å². The summed E-state index contributed by atoms with van der Waals surface area (Å²) < 4.78 is 11.8. The minimum Gasteiger partial charge on any atom is -0.455 e. The monoisotopic (exact) mass is 746 g/mol. The topological polar surface area (TPSA) is 56.7 Å². The van der Waals surface area contributed by atoms with Crippen LogP contribution in [-0.4, -0.2) is 19.5 Å². The maximum atomic E-state index is 6.86. The van der Waals surface area contributed by atoms with Crippen LogP contribution in [0.2, 0.25) is 0 Å². The minimum absolute atomic E-state index is 0.602. The summed E-state index contributed by atoms with van der Waals surface area (Å²) in [6.07, 6.45) is 0. The van der Waals surface area contributed by atoms with Crippen LogP contribution in [-0.2, 0) is 0 Å².